The third-order valence-corrected chi connectivity index (χ3v) is 3.59. The minimum absolute atomic E-state index is 0.124. The van der Waals surface area contributed by atoms with Gasteiger partial charge >= 0.3 is 0 Å². The molecule has 1 saturated heterocycles. The Morgan fingerprint density at radius 3 is 3.08 bits per heavy atom. The number of fused-ring (bicyclic) bond motifs is 1. The number of aldehydes is 1. The molecule has 0 bridgehead atoms. The van der Waals surface area contributed by atoms with Gasteiger partial charge in [-0.1, -0.05) is 0 Å². The van der Waals surface area contributed by atoms with Crippen molar-refractivity contribution >= 4 is 24.0 Å². The number of nitrogens with zero attached hydrogens (tertiary/aromatic N) is 1. The van der Waals surface area contributed by atoms with E-state index in [1.54, 1.807) is 22.9 Å². The molecular formula is C8H9NO2S. The summed E-state index contributed by atoms with van der Waals surface area (Å²) in [5.41, 5.74) is 0.712. The smallest absolute Gasteiger partial charge is 0.230 e. The summed E-state index contributed by atoms with van der Waals surface area (Å²) in [5.74, 6) is 0.124. The van der Waals surface area contributed by atoms with E-state index in [9.17, 15) is 9.59 Å². The first-order valence-corrected chi connectivity index (χ1v) is 4.80. The predicted octanol–water partition coefficient (Wildman–Crippen LogP) is 0.763. The van der Waals surface area contributed by atoms with Crippen molar-refractivity contribution in [1.82, 2.24) is 4.90 Å². The van der Waals surface area contributed by atoms with Crippen molar-refractivity contribution < 1.29 is 9.59 Å². The van der Waals surface area contributed by atoms with Crippen LogP contribution in [-0.2, 0) is 9.59 Å². The first-order valence-electron chi connectivity index (χ1n) is 3.86. The van der Waals surface area contributed by atoms with Gasteiger partial charge in [-0.2, -0.15) is 0 Å². The molecule has 2 atom stereocenters. The van der Waals surface area contributed by atoms with Gasteiger partial charge < -0.3 is 4.90 Å². The average molecular weight is 183 g/mol. The van der Waals surface area contributed by atoms with Crippen molar-refractivity contribution in [3.8, 4) is 0 Å². The lowest BCUT2D eigenvalue weighted by Crippen LogP contribution is -2.50. The highest BCUT2D eigenvalue weighted by Crippen LogP contribution is 2.39. The summed E-state index contributed by atoms with van der Waals surface area (Å²) in [6.07, 6.45) is 3.14. The molecule has 0 aromatic rings. The maximum Gasteiger partial charge on any atom is 0.230 e. The molecule has 0 saturated carbocycles. The second-order valence-electron chi connectivity index (χ2n) is 2.99. The van der Waals surface area contributed by atoms with E-state index in [1.807, 2.05) is 6.92 Å². The second-order valence-corrected chi connectivity index (χ2v) is 4.51. The molecule has 0 aliphatic carbocycles. The molecule has 3 nitrogen and oxygen atoms in total. The van der Waals surface area contributed by atoms with E-state index in [0.717, 1.165) is 6.29 Å². The molecule has 1 amide bonds. The normalized spacial score (nSPS) is 33.6. The van der Waals surface area contributed by atoms with Gasteiger partial charge in [0.05, 0.1) is 11.8 Å². The summed E-state index contributed by atoms with van der Waals surface area (Å²) in [4.78, 5) is 23.2. The zero-order chi connectivity index (χ0) is 8.72. The number of hydrogen-bond acceptors (Lipinski definition) is 3. The van der Waals surface area contributed by atoms with Gasteiger partial charge in [0.1, 0.15) is 6.29 Å². The summed E-state index contributed by atoms with van der Waals surface area (Å²) in [6.45, 7) is 1.99. The van der Waals surface area contributed by atoms with E-state index in [2.05, 4.69) is 0 Å². The molecule has 0 radical (unpaired) electrons. The summed E-state index contributed by atoms with van der Waals surface area (Å²) in [7, 11) is 0. The molecule has 2 rings (SSSR count). The van der Waals surface area contributed by atoms with Gasteiger partial charge in [-0.3, -0.25) is 9.59 Å². The van der Waals surface area contributed by atoms with Crippen molar-refractivity contribution in [2.75, 3.05) is 0 Å². The third-order valence-electron chi connectivity index (χ3n) is 2.20. The highest BCUT2D eigenvalue weighted by atomic mass is 32.2. The van der Waals surface area contributed by atoms with Crippen LogP contribution in [0.4, 0.5) is 0 Å². The largest absolute Gasteiger partial charge is 0.306 e. The van der Waals surface area contributed by atoms with Crippen LogP contribution in [0.2, 0.25) is 0 Å². The first-order chi connectivity index (χ1) is 5.72. The van der Waals surface area contributed by atoms with Crippen molar-refractivity contribution in [1.29, 1.82) is 0 Å². The SMILES string of the molecule is CC1S[C@H]2CC(=O)N2C=C1C=O. The molecule has 1 unspecified atom stereocenters. The fourth-order valence-corrected chi connectivity index (χ4v) is 2.67. The molecule has 1 fully saturated rings. The van der Waals surface area contributed by atoms with E-state index >= 15 is 0 Å². The zero-order valence-corrected chi connectivity index (χ0v) is 7.50. The summed E-state index contributed by atoms with van der Waals surface area (Å²) >= 11 is 1.68. The van der Waals surface area contributed by atoms with Crippen molar-refractivity contribution in [2.24, 2.45) is 0 Å². The number of amides is 1. The van der Waals surface area contributed by atoms with Gasteiger partial charge in [0.2, 0.25) is 5.91 Å². The van der Waals surface area contributed by atoms with Crippen LogP contribution in [0.3, 0.4) is 0 Å². The molecule has 2 heterocycles. The fourth-order valence-electron chi connectivity index (χ4n) is 1.38. The van der Waals surface area contributed by atoms with Gasteiger partial charge in [-0.05, 0) is 6.92 Å². The van der Waals surface area contributed by atoms with Crippen LogP contribution in [0.25, 0.3) is 0 Å². The van der Waals surface area contributed by atoms with Crippen LogP contribution < -0.4 is 0 Å². The van der Waals surface area contributed by atoms with Gasteiger partial charge in [0.15, 0.2) is 0 Å². The maximum absolute atomic E-state index is 11.0. The number of carbonyl (C=O) groups excluding carboxylic acids is 2. The standard InChI is InChI=1S/C8H9NO2S/c1-5-6(4-10)3-9-7(11)2-8(9)12-5/h3-5,8H,2H2,1H3/t5?,8-/m0/s1. The van der Waals surface area contributed by atoms with E-state index in [-0.39, 0.29) is 16.5 Å². The van der Waals surface area contributed by atoms with E-state index < -0.39 is 0 Å². The highest BCUT2D eigenvalue weighted by molar-refractivity contribution is 8.00. The molecule has 2 aliphatic rings. The van der Waals surface area contributed by atoms with E-state index in [4.69, 9.17) is 0 Å². The molecule has 0 N–H and O–H groups in total. The molecule has 64 valence electrons. The Labute approximate surface area is 74.8 Å². The topological polar surface area (TPSA) is 37.4 Å². The average Bonchev–Trinajstić information content (AvgIpc) is 2.04. The maximum atomic E-state index is 11.0. The molecule has 0 aromatic carbocycles. The van der Waals surface area contributed by atoms with Gasteiger partial charge in [0.25, 0.3) is 0 Å². The van der Waals surface area contributed by atoms with Crippen LogP contribution in [0.1, 0.15) is 13.3 Å². The lowest BCUT2D eigenvalue weighted by Gasteiger charge is -2.42. The lowest BCUT2D eigenvalue weighted by atomic mass is 10.1. The molecule has 12 heavy (non-hydrogen) atoms. The van der Waals surface area contributed by atoms with Gasteiger partial charge in [0, 0.05) is 17.0 Å². The highest BCUT2D eigenvalue weighted by Gasteiger charge is 2.40. The lowest BCUT2D eigenvalue weighted by molar-refractivity contribution is -0.137. The van der Waals surface area contributed by atoms with Crippen molar-refractivity contribution in [2.45, 2.75) is 24.0 Å². The molecule has 0 spiro atoms. The Morgan fingerprint density at radius 1 is 1.75 bits per heavy atom. The summed E-state index contributed by atoms with van der Waals surface area (Å²) in [5, 5.41) is 0.521. The minimum atomic E-state index is 0.124. The Hall–Kier alpha value is -0.770. The van der Waals surface area contributed by atoms with E-state index in [0.29, 0.717) is 12.0 Å². The quantitative estimate of drug-likeness (QED) is 0.445. The van der Waals surface area contributed by atoms with Gasteiger partial charge in [-0.25, -0.2) is 0 Å². The predicted molar refractivity (Wildman–Crippen MR) is 46.5 cm³/mol. The number of rotatable bonds is 1. The molecular weight excluding hydrogens is 174 g/mol. The molecule has 0 aromatic heterocycles. The van der Waals surface area contributed by atoms with Crippen LogP contribution in [0.15, 0.2) is 11.8 Å². The van der Waals surface area contributed by atoms with Crippen LogP contribution in [0.5, 0.6) is 0 Å². The molecule has 2 aliphatic heterocycles. The van der Waals surface area contributed by atoms with Crippen LogP contribution in [-0.4, -0.2) is 27.7 Å². The minimum Gasteiger partial charge on any atom is -0.306 e. The second kappa shape index (κ2) is 2.62. The molecule has 4 heteroatoms. The van der Waals surface area contributed by atoms with Crippen LogP contribution in [0, 0.1) is 0 Å². The monoisotopic (exact) mass is 183 g/mol. The number of β-lactam (4-membered cyclic amide) rings is 1. The number of hydrogen-bond donors (Lipinski definition) is 0. The Balaban J connectivity index is 2.24. The van der Waals surface area contributed by atoms with Gasteiger partial charge in [-0.15, -0.1) is 11.8 Å². The summed E-state index contributed by atoms with van der Waals surface area (Å²) in [6, 6.07) is 0. The Bertz CT molecular complexity index is 274. The number of carbonyl (C=O) groups is 2. The first kappa shape index (κ1) is 7.86. The zero-order valence-electron chi connectivity index (χ0n) is 6.69. The van der Waals surface area contributed by atoms with Crippen LogP contribution >= 0.6 is 11.8 Å². The number of thioether (sulfide) groups is 1. The Kier molecular flexibility index (Phi) is 1.72. The third kappa shape index (κ3) is 0.982. The fraction of sp³-hybridized carbons (Fsp3) is 0.500. The van der Waals surface area contributed by atoms with E-state index in [1.165, 1.54) is 0 Å². The van der Waals surface area contributed by atoms with Crippen molar-refractivity contribution in [3.05, 3.63) is 11.8 Å². The Morgan fingerprint density at radius 2 is 2.50 bits per heavy atom. The summed E-state index contributed by atoms with van der Waals surface area (Å²) < 4.78 is 0. The van der Waals surface area contributed by atoms with Crippen molar-refractivity contribution in [3.63, 3.8) is 0 Å².